The third-order valence-electron chi connectivity index (χ3n) is 3.32. The average molecular weight is 272 g/mol. The zero-order valence-electron chi connectivity index (χ0n) is 12.2. The van der Waals surface area contributed by atoms with E-state index in [4.69, 9.17) is 4.74 Å². The number of rotatable bonds is 5. The second kappa shape index (κ2) is 6.37. The first kappa shape index (κ1) is 14.3. The molecule has 2 rings (SSSR count). The summed E-state index contributed by atoms with van der Waals surface area (Å²) in [5, 5.41) is 0. The summed E-state index contributed by atoms with van der Waals surface area (Å²) in [4.78, 5) is 16.0. The SMILES string of the molecule is CCc1nc(C)cn1Cc1ccccc1CC(=O)OC. The molecule has 0 aliphatic heterocycles. The fourth-order valence-corrected chi connectivity index (χ4v) is 2.31. The molecular weight excluding hydrogens is 252 g/mol. The molecule has 20 heavy (non-hydrogen) atoms. The fraction of sp³-hybridized carbons (Fsp3) is 0.375. The van der Waals surface area contributed by atoms with Crippen LogP contribution >= 0.6 is 0 Å². The highest BCUT2D eigenvalue weighted by Gasteiger charge is 2.10. The van der Waals surface area contributed by atoms with Gasteiger partial charge < -0.3 is 9.30 Å². The van der Waals surface area contributed by atoms with Gasteiger partial charge in [0.25, 0.3) is 0 Å². The van der Waals surface area contributed by atoms with Crippen LogP contribution in [0.4, 0.5) is 0 Å². The standard InChI is InChI=1S/C16H20N2O2/c1-4-15-17-12(2)10-18(15)11-14-8-6-5-7-13(14)9-16(19)20-3/h5-8,10H,4,9,11H2,1-3H3. The largest absolute Gasteiger partial charge is 0.469 e. The Morgan fingerprint density at radius 2 is 2.00 bits per heavy atom. The molecule has 0 unspecified atom stereocenters. The van der Waals surface area contributed by atoms with E-state index in [-0.39, 0.29) is 5.97 Å². The number of imidazole rings is 1. The Kier molecular flexibility index (Phi) is 4.56. The molecule has 0 saturated carbocycles. The van der Waals surface area contributed by atoms with E-state index in [0.29, 0.717) is 6.42 Å². The van der Waals surface area contributed by atoms with E-state index in [1.807, 2.05) is 37.4 Å². The molecule has 0 atom stereocenters. The van der Waals surface area contributed by atoms with E-state index in [0.717, 1.165) is 35.6 Å². The Bertz CT molecular complexity index is 602. The zero-order valence-corrected chi connectivity index (χ0v) is 12.2. The van der Waals surface area contributed by atoms with Crippen LogP contribution in [0.1, 0.15) is 29.6 Å². The van der Waals surface area contributed by atoms with E-state index in [9.17, 15) is 4.79 Å². The van der Waals surface area contributed by atoms with Gasteiger partial charge in [0.15, 0.2) is 0 Å². The van der Waals surface area contributed by atoms with Gasteiger partial charge in [0, 0.05) is 19.2 Å². The quantitative estimate of drug-likeness (QED) is 0.786. The van der Waals surface area contributed by atoms with Crippen molar-refractivity contribution in [2.45, 2.75) is 33.2 Å². The Hall–Kier alpha value is -2.10. The van der Waals surface area contributed by atoms with Gasteiger partial charge in [-0.25, -0.2) is 4.98 Å². The number of carbonyl (C=O) groups is 1. The van der Waals surface area contributed by atoms with Gasteiger partial charge in [-0.15, -0.1) is 0 Å². The predicted octanol–water partition coefficient (Wildman–Crippen LogP) is 2.52. The average Bonchev–Trinajstić information content (AvgIpc) is 2.80. The molecule has 0 amide bonds. The first-order valence-corrected chi connectivity index (χ1v) is 6.80. The normalized spacial score (nSPS) is 10.6. The van der Waals surface area contributed by atoms with Gasteiger partial charge in [0.1, 0.15) is 5.82 Å². The molecule has 106 valence electrons. The molecule has 1 aromatic carbocycles. The molecule has 0 radical (unpaired) electrons. The van der Waals surface area contributed by atoms with Gasteiger partial charge in [0.05, 0.1) is 19.2 Å². The number of ether oxygens (including phenoxy) is 1. The van der Waals surface area contributed by atoms with Crippen LogP contribution in [0.15, 0.2) is 30.5 Å². The number of methoxy groups -OCH3 is 1. The molecule has 0 aliphatic rings. The van der Waals surface area contributed by atoms with Crippen LogP contribution in [0.5, 0.6) is 0 Å². The molecule has 0 spiro atoms. The smallest absolute Gasteiger partial charge is 0.309 e. The number of esters is 1. The van der Waals surface area contributed by atoms with Crippen LogP contribution in [-0.4, -0.2) is 22.6 Å². The molecule has 1 aromatic heterocycles. The van der Waals surface area contributed by atoms with Crippen LogP contribution in [-0.2, 0) is 28.9 Å². The summed E-state index contributed by atoms with van der Waals surface area (Å²) in [7, 11) is 1.42. The van der Waals surface area contributed by atoms with Gasteiger partial charge >= 0.3 is 5.97 Å². The van der Waals surface area contributed by atoms with Crippen molar-refractivity contribution in [3.63, 3.8) is 0 Å². The monoisotopic (exact) mass is 272 g/mol. The summed E-state index contributed by atoms with van der Waals surface area (Å²) >= 11 is 0. The summed E-state index contributed by atoms with van der Waals surface area (Å²) in [6, 6.07) is 7.96. The fourth-order valence-electron chi connectivity index (χ4n) is 2.31. The van der Waals surface area contributed by atoms with Crippen LogP contribution in [0.2, 0.25) is 0 Å². The van der Waals surface area contributed by atoms with Crippen molar-refractivity contribution >= 4 is 5.97 Å². The summed E-state index contributed by atoms with van der Waals surface area (Å²) in [6.45, 7) is 4.83. The third kappa shape index (κ3) is 3.26. The maximum absolute atomic E-state index is 11.5. The molecule has 4 nitrogen and oxygen atoms in total. The van der Waals surface area contributed by atoms with Crippen molar-refractivity contribution in [3.05, 3.63) is 53.1 Å². The summed E-state index contributed by atoms with van der Waals surface area (Å²) < 4.78 is 6.89. The zero-order chi connectivity index (χ0) is 14.5. The Labute approximate surface area is 119 Å². The van der Waals surface area contributed by atoms with Crippen molar-refractivity contribution in [1.82, 2.24) is 9.55 Å². The summed E-state index contributed by atoms with van der Waals surface area (Å²) in [6.07, 6.45) is 3.25. The number of benzene rings is 1. The summed E-state index contributed by atoms with van der Waals surface area (Å²) in [5.74, 6) is 0.852. The van der Waals surface area contributed by atoms with Gasteiger partial charge in [-0.05, 0) is 18.1 Å². The molecule has 1 heterocycles. The second-order valence-electron chi connectivity index (χ2n) is 4.80. The highest BCUT2D eigenvalue weighted by atomic mass is 16.5. The highest BCUT2D eigenvalue weighted by molar-refractivity contribution is 5.72. The predicted molar refractivity (Wildman–Crippen MR) is 77.6 cm³/mol. The topological polar surface area (TPSA) is 44.1 Å². The molecule has 0 bridgehead atoms. The lowest BCUT2D eigenvalue weighted by molar-refractivity contribution is -0.139. The number of nitrogens with zero attached hydrogens (tertiary/aromatic N) is 2. The number of hydrogen-bond donors (Lipinski definition) is 0. The minimum atomic E-state index is -0.213. The molecule has 0 N–H and O–H groups in total. The number of carbonyl (C=O) groups excluding carboxylic acids is 1. The van der Waals surface area contributed by atoms with E-state index in [1.165, 1.54) is 7.11 Å². The van der Waals surface area contributed by atoms with Crippen molar-refractivity contribution in [2.75, 3.05) is 7.11 Å². The maximum atomic E-state index is 11.5. The van der Waals surface area contributed by atoms with Crippen LogP contribution < -0.4 is 0 Å². The maximum Gasteiger partial charge on any atom is 0.309 e. The lowest BCUT2D eigenvalue weighted by Gasteiger charge is -2.11. The highest BCUT2D eigenvalue weighted by Crippen LogP contribution is 2.14. The van der Waals surface area contributed by atoms with E-state index in [2.05, 4.69) is 16.5 Å². The van der Waals surface area contributed by atoms with Crippen LogP contribution in [0.3, 0.4) is 0 Å². The minimum absolute atomic E-state index is 0.213. The first-order valence-electron chi connectivity index (χ1n) is 6.80. The first-order chi connectivity index (χ1) is 9.63. The lowest BCUT2D eigenvalue weighted by Crippen LogP contribution is -2.10. The summed E-state index contributed by atoms with van der Waals surface area (Å²) in [5.41, 5.74) is 3.16. The van der Waals surface area contributed by atoms with Crippen LogP contribution in [0.25, 0.3) is 0 Å². The Morgan fingerprint density at radius 3 is 2.65 bits per heavy atom. The Balaban J connectivity index is 2.26. The van der Waals surface area contributed by atoms with E-state index in [1.54, 1.807) is 0 Å². The lowest BCUT2D eigenvalue weighted by atomic mass is 10.0. The van der Waals surface area contributed by atoms with Gasteiger partial charge in [-0.3, -0.25) is 4.79 Å². The molecule has 4 heteroatoms. The van der Waals surface area contributed by atoms with Crippen molar-refractivity contribution in [1.29, 1.82) is 0 Å². The van der Waals surface area contributed by atoms with E-state index < -0.39 is 0 Å². The molecule has 2 aromatic rings. The molecule has 0 aliphatic carbocycles. The van der Waals surface area contributed by atoms with Gasteiger partial charge in [-0.2, -0.15) is 0 Å². The van der Waals surface area contributed by atoms with Gasteiger partial charge in [-0.1, -0.05) is 31.2 Å². The number of aryl methyl sites for hydroxylation is 2. The number of hydrogen-bond acceptors (Lipinski definition) is 3. The molecule has 0 fully saturated rings. The van der Waals surface area contributed by atoms with Crippen LogP contribution in [0, 0.1) is 6.92 Å². The Morgan fingerprint density at radius 1 is 1.30 bits per heavy atom. The third-order valence-corrected chi connectivity index (χ3v) is 3.32. The second-order valence-corrected chi connectivity index (χ2v) is 4.80. The van der Waals surface area contributed by atoms with Gasteiger partial charge in [0.2, 0.25) is 0 Å². The molecule has 0 saturated heterocycles. The molecular formula is C16H20N2O2. The number of aromatic nitrogens is 2. The minimum Gasteiger partial charge on any atom is -0.469 e. The van der Waals surface area contributed by atoms with Crippen molar-refractivity contribution in [3.8, 4) is 0 Å². The van der Waals surface area contributed by atoms with E-state index >= 15 is 0 Å². The van der Waals surface area contributed by atoms with Crippen molar-refractivity contribution < 1.29 is 9.53 Å². The van der Waals surface area contributed by atoms with Crippen molar-refractivity contribution in [2.24, 2.45) is 0 Å².